The number of fused-ring (bicyclic) bond motifs is 1. The molecule has 1 aliphatic carbocycles. The summed E-state index contributed by atoms with van der Waals surface area (Å²) in [6, 6.07) is 15.0. The third-order valence-electron chi connectivity index (χ3n) is 5.14. The summed E-state index contributed by atoms with van der Waals surface area (Å²) in [5.74, 6) is -0.749. The molecule has 0 spiro atoms. The molecule has 5 heteroatoms. The largest absolute Gasteiger partial charge is 0.324 e. The van der Waals surface area contributed by atoms with Crippen molar-refractivity contribution in [1.82, 2.24) is 0 Å². The van der Waals surface area contributed by atoms with E-state index < -0.39 is 0 Å². The molecule has 26 heavy (non-hydrogen) atoms. The Labute approximate surface area is 152 Å². The van der Waals surface area contributed by atoms with Crippen LogP contribution in [0.15, 0.2) is 48.5 Å². The lowest BCUT2D eigenvalue weighted by atomic mass is 9.82. The van der Waals surface area contributed by atoms with E-state index in [1.54, 1.807) is 24.3 Å². The van der Waals surface area contributed by atoms with E-state index in [0.717, 1.165) is 24.8 Å². The van der Waals surface area contributed by atoms with E-state index in [4.69, 9.17) is 0 Å². The Bertz CT molecular complexity index is 874. The number of para-hydroxylation sites is 2. The zero-order chi connectivity index (χ0) is 18.1. The van der Waals surface area contributed by atoms with Gasteiger partial charge in [0, 0.05) is 12.8 Å². The highest BCUT2D eigenvalue weighted by molar-refractivity contribution is 6.21. The van der Waals surface area contributed by atoms with Crippen LogP contribution in [0.4, 0.5) is 11.4 Å². The molecular weight excluding hydrogens is 328 g/mol. The molecule has 132 valence electrons. The SMILES string of the molecule is O=C(Nc1ccccc1N1C(=O)CCC1=O)[C@@H]1CCCc2ccccc21. The third-order valence-corrected chi connectivity index (χ3v) is 5.14. The van der Waals surface area contributed by atoms with Crippen LogP contribution in [0.25, 0.3) is 0 Å². The molecule has 5 nitrogen and oxygen atoms in total. The quantitative estimate of drug-likeness (QED) is 0.865. The number of carbonyl (C=O) groups excluding carboxylic acids is 3. The highest BCUT2D eigenvalue weighted by Crippen LogP contribution is 2.35. The first kappa shape index (κ1) is 16.5. The minimum Gasteiger partial charge on any atom is -0.324 e. The van der Waals surface area contributed by atoms with Crippen LogP contribution in [-0.2, 0) is 20.8 Å². The highest BCUT2D eigenvalue weighted by Gasteiger charge is 2.33. The number of hydrogen-bond acceptors (Lipinski definition) is 3. The minimum atomic E-state index is -0.222. The van der Waals surface area contributed by atoms with Crippen molar-refractivity contribution in [3.05, 3.63) is 59.7 Å². The zero-order valence-corrected chi connectivity index (χ0v) is 14.4. The predicted octanol–water partition coefficient (Wildman–Crippen LogP) is 3.40. The number of rotatable bonds is 3. The maximum atomic E-state index is 13.0. The summed E-state index contributed by atoms with van der Waals surface area (Å²) in [5, 5.41) is 2.95. The second-order valence-corrected chi connectivity index (χ2v) is 6.77. The number of imide groups is 1. The molecule has 1 saturated heterocycles. The normalized spacial score (nSPS) is 19.4. The second-order valence-electron chi connectivity index (χ2n) is 6.77. The molecule has 4 rings (SSSR count). The van der Waals surface area contributed by atoms with Crippen molar-refractivity contribution in [3.8, 4) is 0 Å². The molecule has 1 fully saturated rings. The Hall–Kier alpha value is -2.95. The van der Waals surface area contributed by atoms with Crippen molar-refractivity contribution in [1.29, 1.82) is 0 Å². The molecule has 1 N–H and O–H groups in total. The van der Waals surface area contributed by atoms with Gasteiger partial charge in [0.15, 0.2) is 0 Å². The lowest BCUT2D eigenvalue weighted by Gasteiger charge is -2.25. The van der Waals surface area contributed by atoms with Gasteiger partial charge in [-0.15, -0.1) is 0 Å². The molecule has 0 bridgehead atoms. The van der Waals surface area contributed by atoms with Gasteiger partial charge in [-0.3, -0.25) is 14.4 Å². The number of amides is 3. The topological polar surface area (TPSA) is 66.5 Å². The predicted molar refractivity (Wildman–Crippen MR) is 98.9 cm³/mol. The molecule has 2 aromatic carbocycles. The summed E-state index contributed by atoms with van der Waals surface area (Å²) < 4.78 is 0. The number of anilines is 2. The number of benzene rings is 2. The van der Waals surface area contributed by atoms with Gasteiger partial charge in [0.1, 0.15) is 0 Å². The van der Waals surface area contributed by atoms with Crippen LogP contribution in [0.5, 0.6) is 0 Å². The van der Waals surface area contributed by atoms with Gasteiger partial charge in [-0.05, 0) is 42.5 Å². The van der Waals surface area contributed by atoms with E-state index in [9.17, 15) is 14.4 Å². The molecule has 2 aromatic rings. The fraction of sp³-hybridized carbons (Fsp3) is 0.286. The van der Waals surface area contributed by atoms with Crippen molar-refractivity contribution in [2.45, 2.75) is 38.0 Å². The average Bonchev–Trinajstić information content (AvgIpc) is 3.00. The molecule has 1 aliphatic heterocycles. The van der Waals surface area contributed by atoms with E-state index >= 15 is 0 Å². The highest BCUT2D eigenvalue weighted by atomic mass is 16.2. The smallest absolute Gasteiger partial charge is 0.234 e. The molecule has 1 heterocycles. The zero-order valence-electron chi connectivity index (χ0n) is 14.4. The van der Waals surface area contributed by atoms with Crippen LogP contribution in [0.1, 0.15) is 42.7 Å². The number of aryl methyl sites for hydroxylation is 1. The summed E-state index contributed by atoms with van der Waals surface area (Å²) in [7, 11) is 0. The van der Waals surface area contributed by atoms with E-state index in [-0.39, 0.29) is 36.5 Å². The standard InChI is InChI=1S/C21H20N2O3/c24-19-12-13-20(25)23(19)18-11-4-3-10-17(18)22-21(26)16-9-5-7-14-6-1-2-8-15(14)16/h1-4,6,8,10-11,16H,5,7,9,12-13H2,(H,22,26)/t16-/m1/s1. The number of carbonyl (C=O) groups is 3. The van der Waals surface area contributed by atoms with Crippen molar-refractivity contribution in [3.63, 3.8) is 0 Å². The minimum absolute atomic E-state index is 0.0938. The average molecular weight is 348 g/mol. The second kappa shape index (κ2) is 6.75. The Morgan fingerprint density at radius 2 is 1.62 bits per heavy atom. The first-order valence-corrected chi connectivity index (χ1v) is 8.98. The Balaban J connectivity index is 1.62. The van der Waals surface area contributed by atoms with Gasteiger partial charge in [-0.2, -0.15) is 0 Å². The third kappa shape index (κ3) is 2.90. The monoisotopic (exact) mass is 348 g/mol. The molecule has 0 unspecified atom stereocenters. The summed E-state index contributed by atoms with van der Waals surface area (Å²) in [6.45, 7) is 0. The van der Waals surface area contributed by atoms with E-state index in [0.29, 0.717) is 11.4 Å². The van der Waals surface area contributed by atoms with E-state index in [1.165, 1.54) is 10.5 Å². The van der Waals surface area contributed by atoms with Crippen LogP contribution in [0.3, 0.4) is 0 Å². The molecule has 0 radical (unpaired) electrons. The van der Waals surface area contributed by atoms with Crippen LogP contribution >= 0.6 is 0 Å². The fourth-order valence-corrected chi connectivity index (χ4v) is 3.87. The fourth-order valence-electron chi connectivity index (χ4n) is 3.87. The van der Waals surface area contributed by atoms with Crippen LogP contribution < -0.4 is 10.2 Å². The van der Waals surface area contributed by atoms with Crippen LogP contribution in [-0.4, -0.2) is 17.7 Å². The van der Waals surface area contributed by atoms with Gasteiger partial charge in [-0.1, -0.05) is 36.4 Å². The van der Waals surface area contributed by atoms with E-state index in [1.807, 2.05) is 18.2 Å². The number of nitrogens with one attached hydrogen (secondary N) is 1. The van der Waals surface area contributed by atoms with Crippen molar-refractivity contribution in [2.75, 3.05) is 10.2 Å². The summed E-state index contributed by atoms with van der Waals surface area (Å²) >= 11 is 0. The molecule has 3 amide bonds. The Kier molecular flexibility index (Phi) is 4.29. The van der Waals surface area contributed by atoms with Gasteiger partial charge in [0.25, 0.3) is 0 Å². The maximum absolute atomic E-state index is 13.0. The lowest BCUT2D eigenvalue weighted by Crippen LogP contribution is -2.31. The van der Waals surface area contributed by atoms with Gasteiger partial charge in [-0.25, -0.2) is 4.90 Å². The first-order chi connectivity index (χ1) is 12.6. The van der Waals surface area contributed by atoms with Gasteiger partial charge in [0.2, 0.25) is 17.7 Å². The first-order valence-electron chi connectivity index (χ1n) is 8.98. The maximum Gasteiger partial charge on any atom is 0.234 e. The van der Waals surface area contributed by atoms with Gasteiger partial charge in [0.05, 0.1) is 17.3 Å². The lowest BCUT2D eigenvalue weighted by molar-refractivity contribution is -0.121. The van der Waals surface area contributed by atoms with Crippen molar-refractivity contribution >= 4 is 29.1 Å². The Morgan fingerprint density at radius 1 is 0.923 bits per heavy atom. The molecule has 2 aliphatic rings. The van der Waals surface area contributed by atoms with Gasteiger partial charge >= 0.3 is 0 Å². The molecule has 0 saturated carbocycles. The summed E-state index contributed by atoms with van der Waals surface area (Å²) in [5.41, 5.74) is 3.25. The van der Waals surface area contributed by atoms with Crippen molar-refractivity contribution in [2.24, 2.45) is 0 Å². The molecular formula is C21H20N2O3. The Morgan fingerprint density at radius 3 is 2.42 bits per heavy atom. The molecule has 0 aromatic heterocycles. The van der Waals surface area contributed by atoms with E-state index in [2.05, 4.69) is 11.4 Å². The van der Waals surface area contributed by atoms with Gasteiger partial charge < -0.3 is 5.32 Å². The summed E-state index contributed by atoms with van der Waals surface area (Å²) in [6.07, 6.45) is 3.20. The number of hydrogen-bond donors (Lipinski definition) is 1. The van der Waals surface area contributed by atoms with Crippen LogP contribution in [0.2, 0.25) is 0 Å². The molecule has 1 atom stereocenters. The summed E-state index contributed by atoms with van der Waals surface area (Å²) in [4.78, 5) is 38.3. The van der Waals surface area contributed by atoms with Crippen LogP contribution in [0, 0.1) is 0 Å². The number of nitrogens with zero attached hydrogens (tertiary/aromatic N) is 1. The van der Waals surface area contributed by atoms with Crippen molar-refractivity contribution < 1.29 is 14.4 Å².